The summed E-state index contributed by atoms with van der Waals surface area (Å²) in [6.07, 6.45) is 5.66. The molecule has 1 saturated carbocycles. The van der Waals surface area contributed by atoms with Crippen molar-refractivity contribution in [1.29, 1.82) is 0 Å². The van der Waals surface area contributed by atoms with Crippen molar-refractivity contribution >= 4 is 22.6 Å². The zero-order valence-electron chi connectivity index (χ0n) is 7.09. The Morgan fingerprint density at radius 2 is 1.92 bits per heavy atom. The SMILES string of the molecule is Ic1cccc(C2CCCC2)c1. The van der Waals surface area contributed by atoms with Crippen LogP contribution in [0.1, 0.15) is 37.2 Å². The van der Waals surface area contributed by atoms with E-state index in [0.29, 0.717) is 0 Å². The van der Waals surface area contributed by atoms with E-state index in [9.17, 15) is 0 Å². The second kappa shape index (κ2) is 3.77. The number of hydrogen-bond donors (Lipinski definition) is 0. The fourth-order valence-electron chi connectivity index (χ4n) is 2.02. The van der Waals surface area contributed by atoms with Crippen LogP contribution in [-0.2, 0) is 0 Å². The molecule has 0 radical (unpaired) electrons. The minimum absolute atomic E-state index is 0.861. The molecule has 12 heavy (non-hydrogen) atoms. The number of hydrogen-bond acceptors (Lipinski definition) is 0. The molecule has 0 bridgehead atoms. The molecule has 0 saturated heterocycles. The van der Waals surface area contributed by atoms with Gasteiger partial charge in [0.2, 0.25) is 0 Å². The Labute approximate surface area is 87.5 Å². The monoisotopic (exact) mass is 272 g/mol. The molecule has 1 aromatic carbocycles. The Balaban J connectivity index is 2.21. The lowest BCUT2D eigenvalue weighted by atomic mass is 9.98. The maximum atomic E-state index is 2.39. The van der Waals surface area contributed by atoms with Crippen LogP contribution in [0, 0.1) is 3.57 Å². The Kier molecular flexibility index (Phi) is 2.69. The highest BCUT2D eigenvalue weighted by Gasteiger charge is 2.16. The molecule has 0 N–H and O–H groups in total. The van der Waals surface area contributed by atoms with Gasteiger partial charge in [-0.15, -0.1) is 0 Å². The van der Waals surface area contributed by atoms with E-state index in [1.165, 1.54) is 29.3 Å². The molecule has 64 valence electrons. The summed E-state index contributed by atoms with van der Waals surface area (Å²) in [7, 11) is 0. The van der Waals surface area contributed by atoms with Gasteiger partial charge in [0.25, 0.3) is 0 Å². The van der Waals surface area contributed by atoms with Crippen LogP contribution in [0.4, 0.5) is 0 Å². The average Bonchev–Trinajstić information content (AvgIpc) is 2.56. The van der Waals surface area contributed by atoms with Crippen molar-refractivity contribution in [3.8, 4) is 0 Å². The van der Waals surface area contributed by atoms with Crippen LogP contribution in [-0.4, -0.2) is 0 Å². The van der Waals surface area contributed by atoms with E-state index in [4.69, 9.17) is 0 Å². The van der Waals surface area contributed by atoms with Crippen molar-refractivity contribution in [2.75, 3.05) is 0 Å². The van der Waals surface area contributed by atoms with Crippen molar-refractivity contribution in [3.63, 3.8) is 0 Å². The standard InChI is InChI=1S/C11H13I/c12-11-7-3-6-10(8-11)9-4-1-2-5-9/h3,6-9H,1-2,4-5H2. The maximum absolute atomic E-state index is 2.39. The summed E-state index contributed by atoms with van der Waals surface area (Å²) in [5, 5.41) is 0. The maximum Gasteiger partial charge on any atom is 0.0133 e. The van der Waals surface area contributed by atoms with Crippen LogP contribution >= 0.6 is 22.6 Å². The molecule has 0 spiro atoms. The molecular formula is C11H13I. The highest BCUT2D eigenvalue weighted by atomic mass is 127. The van der Waals surface area contributed by atoms with E-state index >= 15 is 0 Å². The predicted octanol–water partition coefficient (Wildman–Crippen LogP) is 3.95. The van der Waals surface area contributed by atoms with E-state index < -0.39 is 0 Å². The Hall–Kier alpha value is -0.0500. The molecule has 2 rings (SSSR count). The lowest BCUT2D eigenvalue weighted by Crippen LogP contribution is -1.91. The van der Waals surface area contributed by atoms with E-state index in [2.05, 4.69) is 46.9 Å². The highest BCUT2D eigenvalue weighted by molar-refractivity contribution is 14.1. The van der Waals surface area contributed by atoms with Gasteiger partial charge in [0.15, 0.2) is 0 Å². The zero-order valence-corrected chi connectivity index (χ0v) is 9.25. The summed E-state index contributed by atoms with van der Waals surface area (Å²) >= 11 is 2.39. The third-order valence-electron chi connectivity index (χ3n) is 2.68. The van der Waals surface area contributed by atoms with Crippen LogP contribution in [0.3, 0.4) is 0 Å². The van der Waals surface area contributed by atoms with Gasteiger partial charge in [-0.25, -0.2) is 0 Å². The highest BCUT2D eigenvalue weighted by Crippen LogP contribution is 2.34. The summed E-state index contributed by atoms with van der Waals surface area (Å²) in [6, 6.07) is 8.95. The molecule has 0 unspecified atom stereocenters. The minimum atomic E-state index is 0.861. The number of rotatable bonds is 1. The van der Waals surface area contributed by atoms with E-state index in [-0.39, 0.29) is 0 Å². The quantitative estimate of drug-likeness (QED) is 0.679. The summed E-state index contributed by atoms with van der Waals surface area (Å²) in [5.41, 5.74) is 1.56. The van der Waals surface area contributed by atoms with Crippen molar-refractivity contribution in [3.05, 3.63) is 33.4 Å². The molecule has 1 heteroatoms. The summed E-state index contributed by atoms with van der Waals surface area (Å²) in [4.78, 5) is 0. The molecule has 1 fully saturated rings. The molecule has 1 aliphatic carbocycles. The zero-order chi connectivity index (χ0) is 8.39. The average molecular weight is 272 g/mol. The van der Waals surface area contributed by atoms with Gasteiger partial charge >= 0.3 is 0 Å². The lowest BCUT2D eigenvalue weighted by Gasteiger charge is -2.08. The van der Waals surface area contributed by atoms with Crippen LogP contribution in [0.25, 0.3) is 0 Å². The van der Waals surface area contributed by atoms with Gasteiger partial charge in [-0.2, -0.15) is 0 Å². The van der Waals surface area contributed by atoms with Crippen molar-refractivity contribution in [1.82, 2.24) is 0 Å². The third-order valence-corrected chi connectivity index (χ3v) is 3.35. The molecule has 0 aromatic heterocycles. The molecular weight excluding hydrogens is 259 g/mol. The molecule has 0 aliphatic heterocycles. The van der Waals surface area contributed by atoms with Crippen LogP contribution in [0.15, 0.2) is 24.3 Å². The molecule has 1 aliphatic rings. The van der Waals surface area contributed by atoms with Crippen molar-refractivity contribution < 1.29 is 0 Å². The van der Waals surface area contributed by atoms with Gasteiger partial charge in [-0.3, -0.25) is 0 Å². The molecule has 0 heterocycles. The summed E-state index contributed by atoms with van der Waals surface area (Å²) in [5.74, 6) is 0.861. The van der Waals surface area contributed by atoms with Gasteiger partial charge < -0.3 is 0 Å². The fraction of sp³-hybridized carbons (Fsp3) is 0.455. The first-order chi connectivity index (χ1) is 5.86. The smallest absolute Gasteiger partial charge is 0.0133 e. The van der Waals surface area contributed by atoms with Gasteiger partial charge in [0.05, 0.1) is 0 Å². The first kappa shape index (κ1) is 8.54. The molecule has 0 atom stereocenters. The first-order valence-electron chi connectivity index (χ1n) is 4.62. The lowest BCUT2D eigenvalue weighted by molar-refractivity contribution is 0.723. The van der Waals surface area contributed by atoms with Gasteiger partial charge in [-0.05, 0) is 59.0 Å². The summed E-state index contributed by atoms with van der Waals surface area (Å²) in [6.45, 7) is 0. The Morgan fingerprint density at radius 1 is 1.17 bits per heavy atom. The predicted molar refractivity (Wildman–Crippen MR) is 60.4 cm³/mol. The van der Waals surface area contributed by atoms with Crippen molar-refractivity contribution in [2.24, 2.45) is 0 Å². The normalized spacial score (nSPS) is 18.4. The second-order valence-electron chi connectivity index (χ2n) is 3.54. The van der Waals surface area contributed by atoms with Gasteiger partial charge in [-0.1, -0.05) is 25.0 Å². The number of halogens is 1. The van der Waals surface area contributed by atoms with E-state index in [1.54, 1.807) is 5.56 Å². The Morgan fingerprint density at radius 3 is 2.58 bits per heavy atom. The topological polar surface area (TPSA) is 0 Å². The minimum Gasteiger partial charge on any atom is -0.0609 e. The first-order valence-corrected chi connectivity index (χ1v) is 5.69. The molecule has 0 nitrogen and oxygen atoms in total. The van der Waals surface area contributed by atoms with E-state index in [1.807, 2.05) is 0 Å². The second-order valence-corrected chi connectivity index (χ2v) is 4.78. The van der Waals surface area contributed by atoms with Crippen molar-refractivity contribution in [2.45, 2.75) is 31.6 Å². The fourth-order valence-corrected chi connectivity index (χ4v) is 2.59. The van der Waals surface area contributed by atoms with Crippen LogP contribution in [0.5, 0.6) is 0 Å². The molecule has 0 amide bonds. The summed E-state index contributed by atoms with van der Waals surface area (Å²) < 4.78 is 1.37. The van der Waals surface area contributed by atoms with E-state index in [0.717, 1.165) is 5.92 Å². The third kappa shape index (κ3) is 1.82. The van der Waals surface area contributed by atoms with Gasteiger partial charge in [0.1, 0.15) is 0 Å². The van der Waals surface area contributed by atoms with Crippen LogP contribution in [0.2, 0.25) is 0 Å². The largest absolute Gasteiger partial charge is 0.0609 e. The van der Waals surface area contributed by atoms with Crippen LogP contribution < -0.4 is 0 Å². The van der Waals surface area contributed by atoms with Gasteiger partial charge in [0, 0.05) is 3.57 Å². The Bertz CT molecular complexity index is 261. The molecule has 1 aromatic rings. The number of benzene rings is 1.